The van der Waals surface area contributed by atoms with E-state index in [9.17, 15) is 9.59 Å². The van der Waals surface area contributed by atoms with Crippen LogP contribution in [-0.2, 0) is 22.6 Å². The maximum Gasteiger partial charge on any atom is 0.313 e. The minimum Gasteiger partial charge on any atom is -0.492 e. The van der Waals surface area contributed by atoms with Gasteiger partial charge in [0.25, 0.3) is 0 Å². The van der Waals surface area contributed by atoms with Gasteiger partial charge in [-0.05, 0) is 48.7 Å². The third-order valence-corrected chi connectivity index (χ3v) is 5.57. The number of anilines is 1. The van der Waals surface area contributed by atoms with Crippen LogP contribution in [0, 0.1) is 0 Å². The molecule has 1 aliphatic heterocycles. The molecular formula is C25H27N3O4. The van der Waals surface area contributed by atoms with Crippen LogP contribution in [0.5, 0.6) is 5.75 Å². The van der Waals surface area contributed by atoms with Crippen LogP contribution in [0.15, 0.2) is 71.3 Å². The van der Waals surface area contributed by atoms with E-state index in [0.29, 0.717) is 18.0 Å². The first-order chi connectivity index (χ1) is 15.7. The molecule has 2 aromatic carbocycles. The van der Waals surface area contributed by atoms with Gasteiger partial charge in [-0.15, -0.1) is 0 Å². The van der Waals surface area contributed by atoms with E-state index in [2.05, 4.69) is 33.7 Å². The smallest absolute Gasteiger partial charge is 0.313 e. The fourth-order valence-electron chi connectivity index (χ4n) is 3.97. The number of furan rings is 1. The number of carbonyl (C=O) groups excluding carboxylic acids is 2. The highest BCUT2D eigenvalue weighted by atomic mass is 16.5. The molecule has 7 nitrogen and oxygen atoms in total. The molecular weight excluding hydrogens is 406 g/mol. The molecule has 4 rings (SSSR count). The molecule has 2 N–H and O–H groups in total. The molecule has 0 bridgehead atoms. The second-order valence-corrected chi connectivity index (χ2v) is 7.61. The number of hydrogen-bond donors (Lipinski definition) is 2. The molecule has 0 unspecified atom stereocenters. The molecule has 0 spiro atoms. The summed E-state index contributed by atoms with van der Waals surface area (Å²) in [6.45, 7) is 4.18. The van der Waals surface area contributed by atoms with Gasteiger partial charge in [-0.25, -0.2) is 0 Å². The van der Waals surface area contributed by atoms with Gasteiger partial charge in [0.15, 0.2) is 0 Å². The molecule has 0 saturated heterocycles. The lowest BCUT2D eigenvalue weighted by atomic mass is 9.98. The van der Waals surface area contributed by atoms with E-state index in [1.54, 1.807) is 24.5 Å². The SMILES string of the molecule is CCOc1ccccc1NC(=O)C(=O)NC[C@H](c1ccco1)N1CCc2ccccc2C1. The summed E-state index contributed by atoms with van der Waals surface area (Å²) in [5, 5.41) is 5.40. The van der Waals surface area contributed by atoms with Gasteiger partial charge >= 0.3 is 11.8 Å². The summed E-state index contributed by atoms with van der Waals surface area (Å²) in [7, 11) is 0. The average Bonchev–Trinajstić information content (AvgIpc) is 3.35. The van der Waals surface area contributed by atoms with Gasteiger partial charge in [0.1, 0.15) is 11.5 Å². The van der Waals surface area contributed by atoms with Crippen molar-refractivity contribution in [1.82, 2.24) is 10.2 Å². The first kappa shape index (κ1) is 21.6. The Morgan fingerprint density at radius 3 is 2.59 bits per heavy atom. The van der Waals surface area contributed by atoms with E-state index in [1.165, 1.54) is 11.1 Å². The van der Waals surface area contributed by atoms with Gasteiger partial charge in [-0.1, -0.05) is 36.4 Å². The van der Waals surface area contributed by atoms with Crippen molar-refractivity contribution in [2.45, 2.75) is 25.9 Å². The lowest BCUT2D eigenvalue weighted by Crippen LogP contribution is -2.43. The minimum absolute atomic E-state index is 0.175. The monoisotopic (exact) mass is 433 g/mol. The van der Waals surface area contributed by atoms with Crippen molar-refractivity contribution >= 4 is 17.5 Å². The Morgan fingerprint density at radius 1 is 1.03 bits per heavy atom. The average molecular weight is 434 g/mol. The van der Waals surface area contributed by atoms with E-state index in [0.717, 1.165) is 25.3 Å². The number of nitrogens with zero attached hydrogens (tertiary/aromatic N) is 1. The summed E-state index contributed by atoms with van der Waals surface area (Å²) >= 11 is 0. The van der Waals surface area contributed by atoms with E-state index in [4.69, 9.17) is 9.15 Å². The molecule has 0 aliphatic carbocycles. The van der Waals surface area contributed by atoms with Crippen LogP contribution in [0.25, 0.3) is 0 Å². The summed E-state index contributed by atoms with van der Waals surface area (Å²) in [5.41, 5.74) is 3.08. The van der Waals surface area contributed by atoms with Crippen molar-refractivity contribution in [3.63, 3.8) is 0 Å². The number of para-hydroxylation sites is 2. The number of ether oxygens (including phenoxy) is 1. The third-order valence-electron chi connectivity index (χ3n) is 5.57. The van der Waals surface area contributed by atoms with Crippen LogP contribution in [-0.4, -0.2) is 36.4 Å². The molecule has 0 fully saturated rings. The van der Waals surface area contributed by atoms with Crippen LogP contribution in [0.3, 0.4) is 0 Å². The van der Waals surface area contributed by atoms with Crippen LogP contribution in [0.1, 0.15) is 29.9 Å². The maximum absolute atomic E-state index is 12.6. The fraction of sp³-hybridized carbons (Fsp3) is 0.280. The standard InChI is InChI=1S/C25H27N3O4/c1-2-31-22-11-6-5-10-20(22)27-25(30)24(29)26-16-21(23-12-7-15-32-23)28-14-13-18-8-3-4-9-19(18)17-28/h3-12,15,21H,2,13-14,16-17H2,1H3,(H,26,29)(H,27,30)/t21-/m1/s1. The zero-order valence-corrected chi connectivity index (χ0v) is 18.0. The number of hydrogen-bond acceptors (Lipinski definition) is 5. The largest absolute Gasteiger partial charge is 0.492 e. The predicted octanol–water partition coefficient (Wildman–Crippen LogP) is 3.53. The van der Waals surface area contributed by atoms with E-state index >= 15 is 0 Å². The highest BCUT2D eigenvalue weighted by Crippen LogP contribution is 2.28. The number of carbonyl (C=O) groups is 2. The van der Waals surface area contributed by atoms with E-state index in [1.807, 2.05) is 31.2 Å². The summed E-state index contributed by atoms with van der Waals surface area (Å²) in [6, 6.07) is 19.0. The van der Waals surface area contributed by atoms with Crippen molar-refractivity contribution in [3.05, 3.63) is 83.8 Å². The Kier molecular flexibility index (Phi) is 6.87. The van der Waals surface area contributed by atoms with Gasteiger partial charge in [-0.2, -0.15) is 0 Å². The molecule has 0 saturated carbocycles. The van der Waals surface area contributed by atoms with Crippen LogP contribution >= 0.6 is 0 Å². The highest BCUT2D eigenvalue weighted by Gasteiger charge is 2.28. The predicted molar refractivity (Wildman–Crippen MR) is 121 cm³/mol. The Bertz CT molecular complexity index is 1060. The first-order valence-electron chi connectivity index (χ1n) is 10.8. The first-order valence-corrected chi connectivity index (χ1v) is 10.8. The molecule has 7 heteroatoms. The molecule has 1 aliphatic rings. The third kappa shape index (κ3) is 5.00. The second-order valence-electron chi connectivity index (χ2n) is 7.61. The number of nitrogens with one attached hydrogen (secondary N) is 2. The Morgan fingerprint density at radius 2 is 1.81 bits per heavy atom. The van der Waals surface area contributed by atoms with E-state index < -0.39 is 11.8 Å². The molecule has 3 aromatic rings. The maximum atomic E-state index is 12.6. The molecule has 2 heterocycles. The number of rotatable bonds is 7. The van der Waals surface area contributed by atoms with Crippen molar-refractivity contribution in [2.24, 2.45) is 0 Å². The lowest BCUT2D eigenvalue weighted by Gasteiger charge is -2.34. The molecule has 166 valence electrons. The molecule has 2 amide bonds. The molecule has 32 heavy (non-hydrogen) atoms. The van der Waals surface area contributed by atoms with Crippen LogP contribution in [0.4, 0.5) is 5.69 Å². The zero-order valence-electron chi connectivity index (χ0n) is 18.0. The summed E-state index contributed by atoms with van der Waals surface area (Å²) in [4.78, 5) is 27.3. The van der Waals surface area contributed by atoms with Crippen molar-refractivity contribution in [3.8, 4) is 5.75 Å². The number of amides is 2. The van der Waals surface area contributed by atoms with Gasteiger partial charge in [-0.3, -0.25) is 14.5 Å². The van der Waals surface area contributed by atoms with Crippen LogP contribution in [0.2, 0.25) is 0 Å². The Balaban J connectivity index is 1.41. The Hall–Kier alpha value is -3.58. The van der Waals surface area contributed by atoms with Crippen molar-refractivity contribution in [1.29, 1.82) is 0 Å². The van der Waals surface area contributed by atoms with Crippen molar-refractivity contribution < 1.29 is 18.7 Å². The van der Waals surface area contributed by atoms with Gasteiger partial charge in [0.2, 0.25) is 0 Å². The summed E-state index contributed by atoms with van der Waals surface area (Å²) < 4.78 is 11.2. The zero-order chi connectivity index (χ0) is 22.3. The van der Waals surface area contributed by atoms with Gasteiger partial charge in [0, 0.05) is 19.6 Å². The van der Waals surface area contributed by atoms with E-state index in [-0.39, 0.29) is 12.6 Å². The van der Waals surface area contributed by atoms with Gasteiger partial charge in [0.05, 0.1) is 24.6 Å². The number of benzene rings is 2. The lowest BCUT2D eigenvalue weighted by molar-refractivity contribution is -0.136. The highest BCUT2D eigenvalue weighted by molar-refractivity contribution is 6.39. The summed E-state index contributed by atoms with van der Waals surface area (Å²) in [6.07, 6.45) is 2.55. The normalized spacial score (nSPS) is 14.3. The molecule has 1 atom stereocenters. The van der Waals surface area contributed by atoms with Crippen molar-refractivity contribution in [2.75, 3.05) is 25.0 Å². The van der Waals surface area contributed by atoms with Crippen LogP contribution < -0.4 is 15.4 Å². The minimum atomic E-state index is -0.737. The second kappa shape index (κ2) is 10.2. The summed E-state index contributed by atoms with van der Waals surface area (Å²) in [5.74, 6) is -0.159. The topological polar surface area (TPSA) is 83.8 Å². The molecule has 0 radical (unpaired) electrons. The Labute approximate surface area is 187 Å². The number of fused-ring (bicyclic) bond motifs is 1. The molecule has 1 aromatic heterocycles. The van der Waals surface area contributed by atoms with Gasteiger partial charge < -0.3 is 19.8 Å². The fourth-order valence-corrected chi connectivity index (χ4v) is 3.97. The quantitative estimate of drug-likeness (QED) is 0.557.